The molecule has 3 heterocycles. The first-order valence-electron chi connectivity index (χ1n) is 8.39. The third-order valence-electron chi connectivity index (χ3n) is 4.57. The first kappa shape index (κ1) is 17.1. The summed E-state index contributed by atoms with van der Waals surface area (Å²) in [4.78, 5) is 20.3. The highest BCUT2D eigenvalue weighted by Gasteiger charge is 2.20. The number of nitrogens with zero attached hydrogens (tertiary/aromatic N) is 3. The van der Waals surface area contributed by atoms with Gasteiger partial charge >= 0.3 is 0 Å². The number of hydrogen-bond acceptors (Lipinski definition) is 5. The lowest BCUT2D eigenvalue weighted by Crippen LogP contribution is -2.23. The Balaban J connectivity index is 1.62. The highest BCUT2D eigenvalue weighted by molar-refractivity contribution is 5.61. The van der Waals surface area contributed by atoms with E-state index in [1.54, 1.807) is 13.1 Å². The Labute approximate surface area is 153 Å². The quantitative estimate of drug-likeness (QED) is 0.715. The van der Waals surface area contributed by atoms with Crippen LogP contribution in [0, 0.1) is 11.8 Å². The van der Waals surface area contributed by atoms with E-state index in [2.05, 4.69) is 15.3 Å². The van der Waals surface area contributed by atoms with Gasteiger partial charge in [-0.15, -0.1) is 0 Å². The topological polar surface area (TPSA) is 69.0 Å². The Kier molecular flexibility index (Phi) is 4.31. The van der Waals surface area contributed by atoms with Crippen LogP contribution >= 0.6 is 0 Å². The van der Waals surface area contributed by atoms with Crippen molar-refractivity contribution in [1.82, 2.24) is 14.5 Å². The molecule has 1 N–H and O–H groups in total. The number of hydrogen-bond donors (Lipinski definition) is 1. The monoisotopic (exact) mass is 370 g/mol. The fourth-order valence-electron chi connectivity index (χ4n) is 3.15. The van der Waals surface area contributed by atoms with Gasteiger partial charge in [0.15, 0.2) is 0 Å². The molecular formula is C19H16F2N4O2. The number of benzene rings is 1. The highest BCUT2D eigenvalue weighted by Crippen LogP contribution is 2.30. The molecule has 0 saturated heterocycles. The lowest BCUT2D eigenvalue weighted by Gasteiger charge is -2.13. The summed E-state index contributed by atoms with van der Waals surface area (Å²) in [6.07, 6.45) is 3.30. The summed E-state index contributed by atoms with van der Waals surface area (Å²) in [6.45, 7) is 0.696. The summed E-state index contributed by atoms with van der Waals surface area (Å²) in [6, 6.07) is 5.71. The molecule has 8 heteroatoms. The van der Waals surface area contributed by atoms with Crippen LogP contribution in [0.5, 0.6) is 5.75 Å². The van der Waals surface area contributed by atoms with Crippen LogP contribution in [0.15, 0.2) is 41.5 Å². The highest BCUT2D eigenvalue weighted by atomic mass is 19.1. The summed E-state index contributed by atoms with van der Waals surface area (Å²) < 4.78 is 34.3. The standard InChI is InChI=1S/C19H16F2N4O2/c1-25-18(26)13(11-4-6-22-17(21)8-11)9-23-19(25)24-10-14-12-5-7-27-16(12)3-2-15(14)20/h2-4,6,8-9H,5,7,10H2,1H3,(H,23,24). The lowest BCUT2D eigenvalue weighted by molar-refractivity contribution is 0.356. The number of rotatable bonds is 4. The summed E-state index contributed by atoms with van der Waals surface area (Å²) in [5.74, 6) is -0.0349. The van der Waals surface area contributed by atoms with Crippen molar-refractivity contribution in [2.75, 3.05) is 11.9 Å². The van der Waals surface area contributed by atoms with Gasteiger partial charge in [-0.2, -0.15) is 4.39 Å². The Morgan fingerprint density at radius 2 is 2.11 bits per heavy atom. The third-order valence-corrected chi connectivity index (χ3v) is 4.57. The molecule has 0 saturated carbocycles. The van der Waals surface area contributed by atoms with Gasteiger partial charge in [-0.3, -0.25) is 9.36 Å². The molecule has 0 bridgehead atoms. The molecule has 0 aliphatic carbocycles. The van der Waals surface area contributed by atoms with E-state index in [9.17, 15) is 13.6 Å². The van der Waals surface area contributed by atoms with Crippen LogP contribution in [0.2, 0.25) is 0 Å². The molecule has 138 valence electrons. The van der Waals surface area contributed by atoms with Crippen LogP contribution in [0.1, 0.15) is 11.1 Å². The smallest absolute Gasteiger partial charge is 0.262 e. The zero-order valence-electron chi connectivity index (χ0n) is 14.5. The molecule has 0 amide bonds. The number of anilines is 1. The molecule has 1 aliphatic rings. The van der Waals surface area contributed by atoms with E-state index in [-0.39, 0.29) is 29.4 Å². The molecule has 4 rings (SSSR count). The molecule has 3 aromatic rings. The maximum Gasteiger partial charge on any atom is 0.262 e. The number of pyridine rings is 1. The molecular weight excluding hydrogens is 354 g/mol. The second kappa shape index (κ2) is 6.79. The Morgan fingerprint density at radius 1 is 1.26 bits per heavy atom. The summed E-state index contributed by atoms with van der Waals surface area (Å²) in [7, 11) is 1.55. The van der Waals surface area contributed by atoms with Crippen molar-refractivity contribution in [1.29, 1.82) is 0 Å². The fourth-order valence-corrected chi connectivity index (χ4v) is 3.15. The van der Waals surface area contributed by atoms with Crippen molar-refractivity contribution in [3.05, 3.63) is 69.9 Å². The minimum Gasteiger partial charge on any atom is -0.493 e. The van der Waals surface area contributed by atoms with Crippen LogP contribution in [0.25, 0.3) is 11.1 Å². The van der Waals surface area contributed by atoms with Gasteiger partial charge in [0, 0.05) is 49.6 Å². The molecule has 6 nitrogen and oxygen atoms in total. The van der Waals surface area contributed by atoms with E-state index >= 15 is 0 Å². The molecule has 27 heavy (non-hydrogen) atoms. The first-order valence-corrected chi connectivity index (χ1v) is 8.39. The van der Waals surface area contributed by atoms with Crippen molar-refractivity contribution in [3.8, 4) is 16.9 Å². The number of halogens is 2. The minimum atomic E-state index is -0.674. The maximum absolute atomic E-state index is 14.2. The average molecular weight is 370 g/mol. The molecule has 0 atom stereocenters. The zero-order chi connectivity index (χ0) is 19.0. The van der Waals surface area contributed by atoms with Gasteiger partial charge in [-0.25, -0.2) is 14.4 Å². The summed E-state index contributed by atoms with van der Waals surface area (Å²) >= 11 is 0. The maximum atomic E-state index is 14.2. The van der Waals surface area contributed by atoms with E-state index in [0.717, 1.165) is 5.56 Å². The van der Waals surface area contributed by atoms with Gasteiger partial charge in [-0.05, 0) is 23.8 Å². The van der Waals surface area contributed by atoms with Crippen molar-refractivity contribution in [3.63, 3.8) is 0 Å². The van der Waals surface area contributed by atoms with Crippen molar-refractivity contribution in [2.45, 2.75) is 13.0 Å². The molecule has 0 spiro atoms. The van der Waals surface area contributed by atoms with Gasteiger partial charge < -0.3 is 10.1 Å². The van der Waals surface area contributed by atoms with Crippen molar-refractivity contribution >= 4 is 5.95 Å². The number of ether oxygens (including phenoxy) is 1. The average Bonchev–Trinajstić information content (AvgIpc) is 3.13. The van der Waals surface area contributed by atoms with Gasteiger partial charge in [-0.1, -0.05) is 0 Å². The van der Waals surface area contributed by atoms with Crippen LogP contribution < -0.4 is 15.6 Å². The Bertz CT molecular complexity index is 1080. The first-order chi connectivity index (χ1) is 13.0. The Morgan fingerprint density at radius 3 is 2.93 bits per heavy atom. The SMILES string of the molecule is Cn1c(NCc2c(F)ccc3c2CCO3)ncc(-c2ccnc(F)c2)c1=O. The van der Waals surface area contributed by atoms with Gasteiger partial charge in [0.05, 0.1) is 12.2 Å². The second-order valence-electron chi connectivity index (χ2n) is 6.18. The molecule has 1 aromatic carbocycles. The number of aromatic nitrogens is 3. The molecule has 0 radical (unpaired) electrons. The lowest BCUT2D eigenvalue weighted by atomic mass is 10.0. The van der Waals surface area contributed by atoms with Crippen molar-refractivity contribution in [2.24, 2.45) is 7.05 Å². The second-order valence-corrected chi connectivity index (χ2v) is 6.18. The molecule has 0 fully saturated rings. The van der Waals surface area contributed by atoms with E-state index in [4.69, 9.17) is 4.74 Å². The zero-order valence-corrected chi connectivity index (χ0v) is 14.5. The molecule has 0 unspecified atom stereocenters. The minimum absolute atomic E-state index is 0.169. The van der Waals surface area contributed by atoms with Gasteiger partial charge in [0.2, 0.25) is 11.9 Å². The number of nitrogens with one attached hydrogen (secondary N) is 1. The summed E-state index contributed by atoms with van der Waals surface area (Å²) in [5, 5.41) is 3.00. The van der Waals surface area contributed by atoms with Gasteiger partial charge in [0.1, 0.15) is 11.6 Å². The fraction of sp³-hybridized carbons (Fsp3) is 0.211. The predicted octanol–water partition coefficient (Wildman–Crippen LogP) is 2.67. The van der Waals surface area contributed by atoms with Crippen molar-refractivity contribution < 1.29 is 13.5 Å². The van der Waals surface area contributed by atoms with E-state index < -0.39 is 5.95 Å². The van der Waals surface area contributed by atoms with E-state index in [1.165, 1.54) is 35.2 Å². The Hall–Kier alpha value is -3.29. The largest absolute Gasteiger partial charge is 0.493 e. The van der Waals surface area contributed by atoms with E-state index in [1.807, 2.05) is 0 Å². The predicted molar refractivity (Wildman–Crippen MR) is 95.6 cm³/mol. The van der Waals surface area contributed by atoms with Crippen LogP contribution in [0.4, 0.5) is 14.7 Å². The summed E-state index contributed by atoms with van der Waals surface area (Å²) in [5.41, 5.74) is 1.63. The third kappa shape index (κ3) is 3.14. The van der Waals surface area contributed by atoms with E-state index in [0.29, 0.717) is 29.9 Å². The number of fused-ring (bicyclic) bond motifs is 1. The van der Waals surface area contributed by atoms with Crippen LogP contribution in [0.3, 0.4) is 0 Å². The van der Waals surface area contributed by atoms with Crippen LogP contribution in [-0.4, -0.2) is 21.1 Å². The van der Waals surface area contributed by atoms with Crippen LogP contribution in [-0.2, 0) is 20.0 Å². The molecule has 1 aliphatic heterocycles. The normalized spacial score (nSPS) is 12.6. The van der Waals surface area contributed by atoms with Gasteiger partial charge in [0.25, 0.3) is 5.56 Å². The molecule has 2 aromatic heterocycles.